The third-order valence-corrected chi connectivity index (χ3v) is 9.57. The summed E-state index contributed by atoms with van der Waals surface area (Å²) in [5, 5.41) is 9.58. The number of aliphatic hydroxyl groups is 1. The summed E-state index contributed by atoms with van der Waals surface area (Å²) in [7, 11) is -1.89. The fourth-order valence-electron chi connectivity index (χ4n) is 5.78. The first kappa shape index (κ1) is 49.7. The van der Waals surface area contributed by atoms with Gasteiger partial charge >= 0.3 is 11.8 Å². The van der Waals surface area contributed by atoms with Gasteiger partial charge in [0.25, 0.3) is 0 Å². The molecule has 1 N–H and O–H groups in total. The van der Waals surface area contributed by atoms with Crippen molar-refractivity contribution < 1.29 is 36.3 Å². The van der Waals surface area contributed by atoms with E-state index in [1.54, 1.807) is 7.05 Å². The quantitative estimate of drug-likeness (QED) is 0.0236. The van der Waals surface area contributed by atoms with Gasteiger partial charge < -0.3 is 9.66 Å². The minimum absolute atomic E-state index is 0.0237. The number of hydrogen-bond donors (Lipinski definition) is 1. The summed E-state index contributed by atoms with van der Waals surface area (Å²) >= 11 is 0. The highest BCUT2D eigenvalue weighted by molar-refractivity contribution is 7.80. The monoisotopic (exact) mass is 716 g/mol. The maximum atomic E-state index is 13.0. The standard InChI is InChI=1S/C39H74NO3.CH4O4S/c1-4-6-8-10-12-14-16-18-20-22-24-26-28-30-32-34-38(42)40(3,36-37-41)39(43)35-33-31-29-27-25-23-21-19-17-15-13-11-9-7-5-2;1-5-6(2,3)4/h18-21,41H,4-17,22-37H2,1-3H3;1H3,(H,2,3,4)/q+1;/p-1/b20-18-,21-19-;. The molecule has 8 nitrogen and oxygen atoms in total. The van der Waals surface area contributed by atoms with E-state index >= 15 is 0 Å². The SMILES string of the molecule is CCCCCCCC/C=C\CCCCCCCC(=O)[N+](C)(CCO)C(=O)CCCCCCC/C=C\CCCCCCCC.COS(=O)(=O)[O-]. The van der Waals surface area contributed by atoms with E-state index in [0.29, 0.717) is 12.8 Å². The van der Waals surface area contributed by atoms with Crippen LogP contribution in [0.3, 0.4) is 0 Å². The molecule has 0 aromatic rings. The van der Waals surface area contributed by atoms with Crippen molar-refractivity contribution in [1.82, 2.24) is 0 Å². The summed E-state index contributed by atoms with van der Waals surface area (Å²) in [5.41, 5.74) is 0. The van der Waals surface area contributed by atoms with Gasteiger partial charge in [-0.15, -0.1) is 0 Å². The van der Waals surface area contributed by atoms with E-state index < -0.39 is 10.4 Å². The Hall–Kier alpha value is -1.39. The number of carbonyl (C=O) groups is 2. The van der Waals surface area contributed by atoms with Crippen LogP contribution in [-0.2, 0) is 24.2 Å². The van der Waals surface area contributed by atoms with Gasteiger partial charge in [0.1, 0.15) is 6.54 Å². The summed E-state index contributed by atoms with van der Waals surface area (Å²) in [6, 6.07) is 0. The van der Waals surface area contributed by atoms with E-state index in [9.17, 15) is 27.7 Å². The summed E-state index contributed by atoms with van der Waals surface area (Å²) in [4.78, 5) is 26.0. The molecule has 0 aromatic carbocycles. The molecule has 0 heterocycles. The lowest BCUT2D eigenvalue weighted by Crippen LogP contribution is -2.55. The van der Waals surface area contributed by atoms with E-state index in [2.05, 4.69) is 42.3 Å². The van der Waals surface area contributed by atoms with Gasteiger partial charge in [-0.05, 0) is 64.2 Å². The van der Waals surface area contributed by atoms with Gasteiger partial charge in [-0.3, -0.25) is 4.18 Å². The Morgan fingerprint density at radius 3 is 1.10 bits per heavy atom. The lowest BCUT2D eigenvalue weighted by atomic mass is 10.1. The van der Waals surface area contributed by atoms with E-state index in [0.717, 1.165) is 58.5 Å². The molecule has 2 amide bonds. The van der Waals surface area contributed by atoms with Crippen molar-refractivity contribution in [2.45, 2.75) is 194 Å². The van der Waals surface area contributed by atoms with Gasteiger partial charge in [0.05, 0.1) is 33.6 Å². The summed E-state index contributed by atoms with van der Waals surface area (Å²) < 4.78 is 30.8. The number of imide groups is 1. The number of carbonyl (C=O) groups excluding carboxylic acids is 2. The molecule has 290 valence electrons. The van der Waals surface area contributed by atoms with Crippen LogP contribution >= 0.6 is 0 Å². The number of aliphatic hydroxyl groups excluding tert-OH is 1. The molecule has 0 unspecified atom stereocenters. The second-order valence-electron chi connectivity index (χ2n) is 13.7. The molecule has 0 aliphatic carbocycles. The normalized spacial score (nSPS) is 12.1. The Labute approximate surface area is 303 Å². The molecule has 0 aromatic heterocycles. The molecule has 0 saturated heterocycles. The van der Waals surface area contributed by atoms with E-state index in [4.69, 9.17) is 0 Å². The van der Waals surface area contributed by atoms with Crippen molar-refractivity contribution >= 4 is 22.2 Å². The Bertz CT molecular complexity index is 866. The van der Waals surface area contributed by atoms with Crippen LogP contribution in [0.2, 0.25) is 0 Å². The second-order valence-corrected chi connectivity index (χ2v) is 14.8. The third-order valence-electron chi connectivity index (χ3n) is 9.16. The van der Waals surface area contributed by atoms with Gasteiger partial charge in [0.15, 0.2) is 0 Å². The molecule has 0 saturated carbocycles. The van der Waals surface area contributed by atoms with Crippen LogP contribution in [0.4, 0.5) is 0 Å². The molecule has 0 rings (SSSR count). The van der Waals surface area contributed by atoms with E-state index in [-0.39, 0.29) is 29.4 Å². The molecule has 0 fully saturated rings. The topological polar surface area (TPSA) is 121 Å². The van der Waals surface area contributed by atoms with Gasteiger partial charge in [0.2, 0.25) is 10.4 Å². The number of likely N-dealkylation sites (N-methyl/N-ethyl adjacent to an activating group) is 1. The van der Waals surface area contributed by atoms with Gasteiger partial charge in [-0.1, -0.05) is 141 Å². The fourth-order valence-corrected chi connectivity index (χ4v) is 5.78. The fraction of sp³-hybridized carbons (Fsp3) is 0.850. The Kier molecular flexibility index (Phi) is 36.9. The van der Waals surface area contributed by atoms with Crippen molar-refractivity contribution in [3.05, 3.63) is 24.3 Å². The third kappa shape index (κ3) is 34.8. The van der Waals surface area contributed by atoms with Crippen LogP contribution in [0.25, 0.3) is 0 Å². The maximum Gasteiger partial charge on any atom is 0.320 e. The highest BCUT2D eigenvalue weighted by Crippen LogP contribution is 2.17. The Morgan fingerprint density at radius 2 is 0.837 bits per heavy atom. The number of rotatable bonds is 33. The van der Waals surface area contributed by atoms with Crippen molar-refractivity contribution in [3.8, 4) is 0 Å². The first-order valence-electron chi connectivity index (χ1n) is 19.9. The number of unbranched alkanes of at least 4 members (excludes halogenated alkanes) is 22. The molecule has 0 radical (unpaired) electrons. The molecular formula is C40H77NO7S. The zero-order chi connectivity index (χ0) is 36.9. The molecular weight excluding hydrogens is 639 g/mol. The van der Waals surface area contributed by atoms with Crippen LogP contribution in [0.5, 0.6) is 0 Å². The highest BCUT2D eigenvalue weighted by Gasteiger charge is 2.38. The lowest BCUT2D eigenvalue weighted by molar-refractivity contribution is -0.759. The zero-order valence-corrected chi connectivity index (χ0v) is 33.1. The number of nitrogens with zero attached hydrogens (tertiary/aromatic N) is 1. The minimum atomic E-state index is -4.41. The van der Waals surface area contributed by atoms with Crippen LogP contribution in [-0.4, -0.2) is 61.7 Å². The largest absolute Gasteiger partial charge is 0.726 e. The van der Waals surface area contributed by atoms with Crippen molar-refractivity contribution in [2.24, 2.45) is 0 Å². The van der Waals surface area contributed by atoms with Crippen LogP contribution in [0.1, 0.15) is 194 Å². The average molecular weight is 716 g/mol. The number of quaternary nitrogens is 1. The smallest absolute Gasteiger partial charge is 0.320 e. The predicted octanol–water partition coefficient (Wildman–Crippen LogP) is 10.6. The van der Waals surface area contributed by atoms with Gasteiger partial charge in [-0.25, -0.2) is 18.0 Å². The minimum Gasteiger partial charge on any atom is -0.726 e. The first-order valence-corrected chi connectivity index (χ1v) is 21.3. The van der Waals surface area contributed by atoms with Crippen molar-refractivity contribution in [2.75, 3.05) is 27.3 Å². The van der Waals surface area contributed by atoms with Crippen LogP contribution < -0.4 is 0 Å². The molecule has 0 atom stereocenters. The second kappa shape index (κ2) is 36.4. The van der Waals surface area contributed by atoms with Crippen LogP contribution in [0.15, 0.2) is 24.3 Å². The highest BCUT2D eigenvalue weighted by atomic mass is 32.3. The molecule has 0 bridgehead atoms. The Balaban J connectivity index is 0. The average Bonchev–Trinajstić information content (AvgIpc) is 3.08. The van der Waals surface area contributed by atoms with E-state index in [1.807, 2.05) is 0 Å². The Morgan fingerprint density at radius 1 is 0.571 bits per heavy atom. The number of allylic oxidation sites excluding steroid dienone is 4. The maximum absolute atomic E-state index is 13.0. The van der Waals surface area contributed by atoms with Crippen molar-refractivity contribution in [3.63, 3.8) is 0 Å². The van der Waals surface area contributed by atoms with Gasteiger partial charge in [-0.2, -0.15) is 4.48 Å². The molecule has 0 aliphatic rings. The molecule has 0 spiro atoms. The number of hydrogen-bond acceptors (Lipinski definition) is 7. The zero-order valence-electron chi connectivity index (χ0n) is 32.3. The summed E-state index contributed by atoms with van der Waals surface area (Å²) in [6.45, 7) is 4.60. The number of amides is 2. The first-order chi connectivity index (χ1) is 23.6. The molecule has 49 heavy (non-hydrogen) atoms. The molecule has 9 heteroatoms. The van der Waals surface area contributed by atoms with Crippen molar-refractivity contribution in [1.29, 1.82) is 0 Å². The lowest BCUT2D eigenvalue weighted by Gasteiger charge is -2.28. The summed E-state index contributed by atoms with van der Waals surface area (Å²) in [6.07, 6.45) is 42.2. The van der Waals surface area contributed by atoms with E-state index in [1.165, 1.54) is 116 Å². The predicted molar refractivity (Wildman–Crippen MR) is 204 cm³/mol. The summed E-state index contributed by atoms with van der Waals surface area (Å²) in [5.74, 6) is -0.0474. The van der Waals surface area contributed by atoms with Gasteiger partial charge in [0, 0.05) is 0 Å². The van der Waals surface area contributed by atoms with Crippen LogP contribution in [0, 0.1) is 0 Å². The molecule has 0 aliphatic heterocycles.